The molecular formula is C17H22N6S. The van der Waals surface area contributed by atoms with E-state index in [0.717, 1.165) is 23.8 Å². The van der Waals surface area contributed by atoms with E-state index in [1.54, 1.807) is 4.52 Å². The zero-order valence-electron chi connectivity index (χ0n) is 14.0. The number of fused-ring (bicyclic) bond motifs is 1. The number of rotatable bonds is 4. The first-order valence-corrected chi connectivity index (χ1v) is 9.27. The SMILES string of the molecule is Cc1nnc2ccc(NC[C@H]3CCCN(C)[C@H]3c3cccs3)nn12. The monoisotopic (exact) mass is 342 g/mol. The summed E-state index contributed by atoms with van der Waals surface area (Å²) in [6, 6.07) is 8.84. The van der Waals surface area contributed by atoms with E-state index in [9.17, 15) is 0 Å². The van der Waals surface area contributed by atoms with Crippen molar-refractivity contribution in [3.05, 3.63) is 40.3 Å². The van der Waals surface area contributed by atoms with Crippen LogP contribution in [0.4, 0.5) is 5.82 Å². The lowest BCUT2D eigenvalue weighted by atomic mass is 9.88. The molecule has 0 spiro atoms. The molecule has 0 saturated carbocycles. The predicted molar refractivity (Wildman–Crippen MR) is 96.4 cm³/mol. The largest absolute Gasteiger partial charge is 0.368 e. The minimum absolute atomic E-state index is 0.492. The van der Waals surface area contributed by atoms with E-state index in [1.165, 1.54) is 24.3 Å². The lowest BCUT2D eigenvalue weighted by molar-refractivity contribution is 0.130. The van der Waals surface area contributed by atoms with Gasteiger partial charge in [-0.05, 0) is 62.9 Å². The van der Waals surface area contributed by atoms with Gasteiger partial charge in [0.1, 0.15) is 5.82 Å². The van der Waals surface area contributed by atoms with E-state index < -0.39 is 0 Å². The Morgan fingerprint density at radius 2 is 2.21 bits per heavy atom. The van der Waals surface area contributed by atoms with Crippen LogP contribution >= 0.6 is 11.3 Å². The Kier molecular flexibility index (Phi) is 4.20. The topological polar surface area (TPSA) is 58.4 Å². The molecule has 1 aliphatic heterocycles. The summed E-state index contributed by atoms with van der Waals surface area (Å²) in [5, 5.41) is 18.4. The first kappa shape index (κ1) is 15.5. The van der Waals surface area contributed by atoms with E-state index in [1.807, 2.05) is 30.4 Å². The summed E-state index contributed by atoms with van der Waals surface area (Å²) in [5.41, 5.74) is 0.784. The van der Waals surface area contributed by atoms with Gasteiger partial charge >= 0.3 is 0 Å². The fraction of sp³-hybridized carbons (Fsp3) is 0.471. The van der Waals surface area contributed by atoms with Gasteiger partial charge in [0.15, 0.2) is 11.5 Å². The second-order valence-electron chi connectivity index (χ2n) is 6.46. The van der Waals surface area contributed by atoms with Crippen molar-refractivity contribution in [2.75, 3.05) is 25.5 Å². The molecule has 0 aliphatic carbocycles. The van der Waals surface area contributed by atoms with Crippen LogP contribution in [-0.4, -0.2) is 44.8 Å². The number of anilines is 1. The maximum absolute atomic E-state index is 4.60. The third-order valence-electron chi connectivity index (χ3n) is 4.81. The summed E-state index contributed by atoms with van der Waals surface area (Å²) in [4.78, 5) is 3.95. The Morgan fingerprint density at radius 1 is 1.29 bits per heavy atom. The third-order valence-corrected chi connectivity index (χ3v) is 5.75. The molecule has 6 nitrogen and oxygen atoms in total. The van der Waals surface area contributed by atoms with Gasteiger partial charge in [0.2, 0.25) is 0 Å². The summed E-state index contributed by atoms with van der Waals surface area (Å²) in [6.45, 7) is 4.01. The summed E-state index contributed by atoms with van der Waals surface area (Å²) in [5.74, 6) is 2.27. The number of aromatic nitrogens is 4. The van der Waals surface area contributed by atoms with Crippen molar-refractivity contribution in [3.8, 4) is 0 Å². The van der Waals surface area contributed by atoms with Gasteiger partial charge in [0.05, 0.1) is 0 Å². The maximum Gasteiger partial charge on any atom is 0.178 e. The Bertz CT molecular complexity index is 812. The van der Waals surface area contributed by atoms with Crippen molar-refractivity contribution in [2.24, 2.45) is 5.92 Å². The minimum atomic E-state index is 0.492. The number of aryl methyl sites for hydroxylation is 1. The molecule has 1 N–H and O–H groups in total. The highest BCUT2D eigenvalue weighted by atomic mass is 32.1. The van der Waals surface area contributed by atoms with Gasteiger partial charge < -0.3 is 5.32 Å². The zero-order chi connectivity index (χ0) is 16.5. The molecule has 0 unspecified atom stereocenters. The molecular weight excluding hydrogens is 320 g/mol. The minimum Gasteiger partial charge on any atom is -0.368 e. The van der Waals surface area contributed by atoms with Crippen LogP contribution in [0.25, 0.3) is 5.65 Å². The molecule has 0 bridgehead atoms. The molecule has 1 saturated heterocycles. The van der Waals surface area contributed by atoms with Crippen molar-refractivity contribution >= 4 is 22.8 Å². The van der Waals surface area contributed by atoms with Crippen LogP contribution in [-0.2, 0) is 0 Å². The van der Waals surface area contributed by atoms with Crippen molar-refractivity contribution in [1.29, 1.82) is 0 Å². The lowest BCUT2D eigenvalue weighted by Gasteiger charge is -2.39. The van der Waals surface area contributed by atoms with E-state index >= 15 is 0 Å². The molecule has 3 aromatic heterocycles. The zero-order valence-corrected chi connectivity index (χ0v) is 14.8. The first-order valence-electron chi connectivity index (χ1n) is 8.39. The highest BCUT2D eigenvalue weighted by molar-refractivity contribution is 7.10. The number of hydrogen-bond donors (Lipinski definition) is 1. The fourth-order valence-electron chi connectivity index (χ4n) is 3.61. The molecule has 0 radical (unpaired) electrons. The smallest absolute Gasteiger partial charge is 0.178 e. The van der Waals surface area contributed by atoms with E-state index in [4.69, 9.17) is 0 Å². The summed E-state index contributed by atoms with van der Waals surface area (Å²) >= 11 is 1.86. The number of hydrogen-bond acceptors (Lipinski definition) is 6. The van der Waals surface area contributed by atoms with Crippen LogP contribution in [0.1, 0.15) is 29.6 Å². The Balaban J connectivity index is 1.51. The fourth-order valence-corrected chi connectivity index (χ4v) is 4.59. The Labute approximate surface area is 145 Å². The molecule has 1 aliphatic rings. The summed E-state index contributed by atoms with van der Waals surface area (Å²) < 4.78 is 1.78. The summed E-state index contributed by atoms with van der Waals surface area (Å²) in [6.07, 6.45) is 2.50. The number of thiophene rings is 1. The van der Waals surface area contributed by atoms with E-state index in [-0.39, 0.29) is 0 Å². The average Bonchev–Trinajstić information content (AvgIpc) is 3.23. The molecule has 24 heavy (non-hydrogen) atoms. The third kappa shape index (κ3) is 2.89. The van der Waals surface area contributed by atoms with Gasteiger partial charge in [-0.1, -0.05) is 6.07 Å². The van der Waals surface area contributed by atoms with Gasteiger partial charge in [-0.3, -0.25) is 4.90 Å². The van der Waals surface area contributed by atoms with Crippen LogP contribution in [0.15, 0.2) is 29.6 Å². The van der Waals surface area contributed by atoms with E-state index in [2.05, 4.69) is 50.1 Å². The van der Waals surface area contributed by atoms with Crippen molar-refractivity contribution in [2.45, 2.75) is 25.8 Å². The molecule has 126 valence electrons. The predicted octanol–water partition coefficient (Wildman–Crippen LogP) is 2.99. The van der Waals surface area contributed by atoms with Gasteiger partial charge in [0.25, 0.3) is 0 Å². The highest BCUT2D eigenvalue weighted by Crippen LogP contribution is 2.37. The second kappa shape index (κ2) is 6.49. The van der Waals surface area contributed by atoms with Gasteiger partial charge in [-0.15, -0.1) is 26.6 Å². The normalized spacial score (nSPS) is 22.1. The van der Waals surface area contributed by atoms with Crippen molar-refractivity contribution in [3.63, 3.8) is 0 Å². The average molecular weight is 342 g/mol. The first-order chi connectivity index (χ1) is 11.7. The van der Waals surface area contributed by atoms with Crippen LogP contribution in [0.5, 0.6) is 0 Å². The number of nitrogens with zero attached hydrogens (tertiary/aromatic N) is 5. The standard InChI is InChI=1S/C17H22N6S/c1-12-19-20-16-8-7-15(21-23(12)16)18-11-13-5-3-9-22(2)17(13)14-6-4-10-24-14/h4,6-8,10,13,17H,3,5,9,11H2,1-2H3,(H,18,21)/t13-,17-/m1/s1. The van der Waals surface area contributed by atoms with Crippen LogP contribution in [0, 0.1) is 12.8 Å². The van der Waals surface area contributed by atoms with Crippen molar-refractivity contribution < 1.29 is 0 Å². The van der Waals surface area contributed by atoms with Gasteiger partial charge in [-0.25, -0.2) is 0 Å². The molecule has 7 heteroatoms. The van der Waals surface area contributed by atoms with Crippen LogP contribution in [0.2, 0.25) is 0 Å². The molecule has 0 aromatic carbocycles. The molecule has 2 atom stereocenters. The van der Waals surface area contributed by atoms with Crippen molar-refractivity contribution in [1.82, 2.24) is 24.7 Å². The lowest BCUT2D eigenvalue weighted by Crippen LogP contribution is -2.38. The molecule has 4 rings (SSSR count). The quantitative estimate of drug-likeness (QED) is 0.790. The van der Waals surface area contributed by atoms with Gasteiger partial charge in [-0.2, -0.15) is 4.52 Å². The molecule has 4 heterocycles. The van der Waals surface area contributed by atoms with E-state index in [0.29, 0.717) is 12.0 Å². The maximum atomic E-state index is 4.60. The van der Waals surface area contributed by atoms with Crippen LogP contribution < -0.4 is 5.32 Å². The summed E-state index contributed by atoms with van der Waals surface area (Å²) in [7, 11) is 2.24. The molecule has 3 aromatic rings. The van der Waals surface area contributed by atoms with Gasteiger partial charge in [0, 0.05) is 17.5 Å². The second-order valence-corrected chi connectivity index (χ2v) is 7.44. The Morgan fingerprint density at radius 3 is 3.04 bits per heavy atom. The highest BCUT2D eigenvalue weighted by Gasteiger charge is 2.31. The number of piperidine rings is 1. The number of likely N-dealkylation sites (tertiary alicyclic amines) is 1. The van der Waals surface area contributed by atoms with Crippen LogP contribution in [0.3, 0.4) is 0 Å². The molecule has 0 amide bonds. The molecule has 1 fully saturated rings. The Hall–Kier alpha value is -1.99. The number of nitrogens with one attached hydrogen (secondary N) is 1.